The summed E-state index contributed by atoms with van der Waals surface area (Å²) in [5.74, 6) is 3.17. The summed E-state index contributed by atoms with van der Waals surface area (Å²) >= 11 is 0. The zero-order chi connectivity index (χ0) is 39.8. The van der Waals surface area contributed by atoms with E-state index in [4.69, 9.17) is 14.7 Å². The Labute approximate surface area is 339 Å². The molecule has 2 aromatic heterocycles. The van der Waals surface area contributed by atoms with Gasteiger partial charge in [0, 0.05) is 12.1 Å². The highest BCUT2D eigenvalue weighted by atomic mass is 16.5. The van der Waals surface area contributed by atoms with Gasteiger partial charge in [0.05, 0.1) is 42.1 Å². The molecule has 3 amide bonds. The summed E-state index contributed by atoms with van der Waals surface area (Å²) in [6, 6.07) is 19.6. The van der Waals surface area contributed by atoms with E-state index in [1.54, 1.807) is 0 Å². The number of methoxy groups -OCH3 is 1. The molecule has 3 aromatic carbocycles. The van der Waals surface area contributed by atoms with Crippen LogP contribution in [0.25, 0.3) is 44.5 Å². The van der Waals surface area contributed by atoms with Crippen LogP contribution in [-0.2, 0) is 14.3 Å². The fourth-order valence-electron chi connectivity index (χ4n) is 11.6. The first-order chi connectivity index (χ1) is 28.2. The van der Waals surface area contributed by atoms with Crippen molar-refractivity contribution in [3.63, 3.8) is 0 Å². The number of carbonyl (C=O) groups is 3. The average Bonchev–Trinajstić information content (AvgIpc) is 4.09. The van der Waals surface area contributed by atoms with Crippen LogP contribution in [0.4, 0.5) is 4.79 Å². The van der Waals surface area contributed by atoms with E-state index in [2.05, 4.69) is 76.8 Å². The Hall–Kier alpha value is -5.45. The van der Waals surface area contributed by atoms with Gasteiger partial charge in [-0.1, -0.05) is 62.7 Å². The normalized spacial score (nSPS) is 26.4. The Morgan fingerprint density at radius 2 is 1.57 bits per heavy atom. The van der Waals surface area contributed by atoms with Crippen molar-refractivity contribution in [1.29, 1.82) is 0 Å². The van der Waals surface area contributed by atoms with Crippen molar-refractivity contribution < 1.29 is 19.1 Å². The highest BCUT2D eigenvalue weighted by Gasteiger charge is 2.45. The van der Waals surface area contributed by atoms with Crippen LogP contribution < -0.4 is 5.32 Å². The van der Waals surface area contributed by atoms with Gasteiger partial charge in [0.1, 0.15) is 17.7 Å². The molecule has 10 rings (SSSR count). The number of H-pyrrole nitrogens is 2. The predicted molar refractivity (Wildman–Crippen MR) is 223 cm³/mol. The number of benzene rings is 3. The Morgan fingerprint density at radius 1 is 0.845 bits per heavy atom. The van der Waals surface area contributed by atoms with E-state index >= 15 is 0 Å². The SMILES string of the molecule is COC(=O)NC(C(=O)N1C(C)CCC1c1nc2ccc(-c3ccc(-c4ccc(-c5cnc(C6CC7CCCC7N6C=O)[nH]5)cc4)c4c3C3CCC4C3)cc2[nH]1)C(C)C. The molecule has 2 saturated heterocycles. The second-order valence-electron chi connectivity index (χ2n) is 17.9. The highest BCUT2D eigenvalue weighted by molar-refractivity contribution is 5.88. The lowest BCUT2D eigenvalue weighted by molar-refractivity contribution is -0.137. The third kappa shape index (κ3) is 6.02. The largest absolute Gasteiger partial charge is 0.453 e. The lowest BCUT2D eigenvalue weighted by Gasteiger charge is -2.32. The summed E-state index contributed by atoms with van der Waals surface area (Å²) in [5.41, 5.74) is 12.0. The van der Waals surface area contributed by atoms with Crippen molar-refractivity contribution in [3.05, 3.63) is 83.6 Å². The van der Waals surface area contributed by atoms with Crippen LogP contribution >= 0.6 is 0 Å². The van der Waals surface area contributed by atoms with Crippen LogP contribution in [0.15, 0.2) is 60.8 Å². The molecular formula is C47H53N7O4. The molecule has 58 heavy (non-hydrogen) atoms. The number of alkyl carbamates (subject to hydrolysis) is 1. The fourth-order valence-corrected chi connectivity index (χ4v) is 11.6. The third-order valence-electron chi connectivity index (χ3n) is 14.4. The first-order valence-electron chi connectivity index (χ1n) is 21.4. The monoisotopic (exact) mass is 779 g/mol. The van der Waals surface area contributed by atoms with Gasteiger partial charge in [-0.15, -0.1) is 0 Å². The molecule has 2 aliphatic heterocycles. The molecule has 8 unspecified atom stereocenters. The Morgan fingerprint density at radius 3 is 2.29 bits per heavy atom. The lowest BCUT2D eigenvalue weighted by Crippen LogP contribution is -2.52. The van der Waals surface area contributed by atoms with Crippen molar-refractivity contribution in [3.8, 4) is 33.5 Å². The van der Waals surface area contributed by atoms with Crippen LogP contribution in [0.3, 0.4) is 0 Å². The first-order valence-corrected chi connectivity index (χ1v) is 21.4. The second-order valence-corrected chi connectivity index (χ2v) is 17.9. The summed E-state index contributed by atoms with van der Waals surface area (Å²) in [4.78, 5) is 59.1. The zero-order valence-electron chi connectivity index (χ0n) is 33.8. The molecule has 4 fully saturated rings. The topological polar surface area (TPSA) is 136 Å². The van der Waals surface area contributed by atoms with Gasteiger partial charge >= 0.3 is 6.09 Å². The van der Waals surface area contributed by atoms with Crippen molar-refractivity contribution in [2.24, 2.45) is 11.8 Å². The van der Waals surface area contributed by atoms with Crippen LogP contribution in [0.2, 0.25) is 0 Å². The van der Waals surface area contributed by atoms with Crippen LogP contribution in [0.5, 0.6) is 0 Å². The van der Waals surface area contributed by atoms with Gasteiger partial charge < -0.3 is 29.8 Å². The Kier molecular flexibility index (Phi) is 9.17. The highest BCUT2D eigenvalue weighted by Crippen LogP contribution is 2.58. The van der Waals surface area contributed by atoms with Crippen molar-refractivity contribution >= 4 is 29.4 Å². The summed E-state index contributed by atoms with van der Waals surface area (Å²) < 4.78 is 4.84. The summed E-state index contributed by atoms with van der Waals surface area (Å²) in [7, 11) is 1.32. The summed E-state index contributed by atoms with van der Waals surface area (Å²) in [5, 5.41) is 2.76. The molecule has 3 aliphatic carbocycles. The molecule has 5 aromatic rings. The molecule has 2 saturated carbocycles. The van der Waals surface area contributed by atoms with Gasteiger partial charge in [-0.25, -0.2) is 14.8 Å². The number of nitrogens with one attached hydrogen (secondary N) is 3. The van der Waals surface area contributed by atoms with Gasteiger partial charge in [-0.3, -0.25) is 9.59 Å². The number of aromatic nitrogens is 4. The van der Waals surface area contributed by atoms with Crippen molar-refractivity contribution in [2.75, 3.05) is 7.11 Å². The molecule has 3 N–H and O–H groups in total. The number of nitrogens with zero attached hydrogens (tertiary/aromatic N) is 4. The Bertz CT molecular complexity index is 2400. The number of carbonyl (C=O) groups excluding carboxylic acids is 3. The molecule has 0 spiro atoms. The van der Waals surface area contributed by atoms with Crippen LogP contribution in [0, 0.1) is 11.8 Å². The first kappa shape index (κ1) is 36.9. The fraction of sp³-hybridized carbons (Fsp3) is 0.468. The van der Waals surface area contributed by atoms with E-state index in [1.807, 2.05) is 29.8 Å². The van der Waals surface area contributed by atoms with E-state index in [0.29, 0.717) is 23.8 Å². The number of fused-ring (bicyclic) bond motifs is 7. The minimum Gasteiger partial charge on any atom is -0.453 e. The minimum absolute atomic E-state index is 0.0186. The van der Waals surface area contributed by atoms with Gasteiger partial charge in [-0.2, -0.15) is 0 Å². The number of imidazole rings is 2. The van der Waals surface area contributed by atoms with E-state index in [9.17, 15) is 14.4 Å². The number of ether oxygens (including phenoxy) is 1. The van der Waals surface area contributed by atoms with Crippen molar-refractivity contribution in [1.82, 2.24) is 35.1 Å². The number of hydrogen-bond acceptors (Lipinski definition) is 6. The smallest absolute Gasteiger partial charge is 0.407 e. The van der Waals surface area contributed by atoms with E-state index < -0.39 is 12.1 Å². The average molecular weight is 780 g/mol. The molecule has 0 radical (unpaired) electrons. The van der Waals surface area contributed by atoms with Gasteiger partial charge in [0.25, 0.3) is 0 Å². The van der Waals surface area contributed by atoms with Crippen LogP contribution in [-0.4, -0.2) is 73.4 Å². The second kappa shape index (κ2) is 14.4. The quantitative estimate of drug-likeness (QED) is 0.128. The molecular weight excluding hydrogens is 727 g/mol. The zero-order valence-corrected chi connectivity index (χ0v) is 33.8. The number of rotatable bonds is 9. The van der Waals surface area contributed by atoms with E-state index in [-0.39, 0.29) is 30.0 Å². The maximum Gasteiger partial charge on any atom is 0.407 e. The molecule has 300 valence electrons. The lowest BCUT2D eigenvalue weighted by atomic mass is 9.81. The third-order valence-corrected chi connectivity index (χ3v) is 14.4. The summed E-state index contributed by atoms with van der Waals surface area (Å²) in [6.07, 6.45) is 12.2. The number of amides is 3. The molecule has 8 atom stereocenters. The van der Waals surface area contributed by atoms with E-state index in [1.165, 1.54) is 72.6 Å². The van der Waals surface area contributed by atoms with Gasteiger partial charge in [0.15, 0.2) is 0 Å². The molecule has 11 heteroatoms. The van der Waals surface area contributed by atoms with Gasteiger partial charge in [-0.05, 0) is 133 Å². The number of aromatic amines is 2. The van der Waals surface area contributed by atoms with Crippen LogP contribution in [0.1, 0.15) is 125 Å². The minimum atomic E-state index is -0.688. The van der Waals surface area contributed by atoms with E-state index in [0.717, 1.165) is 66.0 Å². The maximum absolute atomic E-state index is 14.0. The number of hydrogen-bond donors (Lipinski definition) is 3. The molecule has 2 bridgehead atoms. The molecule has 4 heterocycles. The maximum atomic E-state index is 14.0. The Balaban J connectivity index is 0.919. The molecule has 11 nitrogen and oxygen atoms in total. The summed E-state index contributed by atoms with van der Waals surface area (Å²) in [6.45, 7) is 5.94. The van der Waals surface area contributed by atoms with Gasteiger partial charge in [0.2, 0.25) is 12.3 Å². The standard InChI is InChI=1S/C47H53N7O4/c1-25(2)43(52-47(57)58-4)46(56)54-26(3)8-19-39(54)45-49-35-18-15-29(21-36(35)50-45)34-17-16-33(41-31-13-14-32(20-31)42(34)41)27-9-11-28(12-10-27)37-23-48-44(51-37)40-22-30-6-5-7-38(30)53(40)24-55/h9-12,15-18,21,23-26,30-32,38-40,43H,5-8,13-14,19-20,22H2,1-4H3,(H,48,51)(H,49,50)(H,52,57). The van der Waals surface area contributed by atoms with Crippen molar-refractivity contribution in [2.45, 2.75) is 121 Å². The predicted octanol–water partition coefficient (Wildman–Crippen LogP) is 9.16. The number of likely N-dealkylation sites (tertiary alicyclic amines) is 2. The molecule has 5 aliphatic rings.